The molecule has 0 bridgehead atoms. The lowest BCUT2D eigenvalue weighted by Crippen LogP contribution is -2.00. The van der Waals surface area contributed by atoms with Crippen molar-refractivity contribution in [1.82, 2.24) is 0 Å². The van der Waals surface area contributed by atoms with E-state index in [2.05, 4.69) is 22.0 Å². The Morgan fingerprint density at radius 3 is 2.79 bits per heavy atom. The molecule has 0 unspecified atom stereocenters. The molecular formula is C15H16BrNOS. The average molecular weight is 338 g/mol. The molecule has 0 radical (unpaired) electrons. The van der Waals surface area contributed by atoms with Crippen molar-refractivity contribution in [3.05, 3.63) is 52.5 Å². The van der Waals surface area contributed by atoms with Crippen molar-refractivity contribution < 1.29 is 4.74 Å². The minimum Gasteiger partial charge on any atom is -0.493 e. The lowest BCUT2D eigenvalue weighted by molar-refractivity contribution is 0.344. The largest absolute Gasteiger partial charge is 0.493 e. The summed E-state index contributed by atoms with van der Waals surface area (Å²) >= 11 is 5.19. The molecule has 2 nitrogen and oxygen atoms in total. The summed E-state index contributed by atoms with van der Waals surface area (Å²) in [5.41, 5.74) is 7.88. The zero-order valence-corrected chi connectivity index (χ0v) is 13.1. The van der Waals surface area contributed by atoms with Crippen molar-refractivity contribution in [3.8, 4) is 5.75 Å². The second-order valence-corrected chi connectivity index (χ2v) is 6.18. The van der Waals surface area contributed by atoms with Gasteiger partial charge in [0.25, 0.3) is 0 Å². The van der Waals surface area contributed by atoms with Crippen molar-refractivity contribution in [3.63, 3.8) is 0 Å². The minimum atomic E-state index is 0.676. The molecule has 100 valence electrons. The monoisotopic (exact) mass is 337 g/mol. The van der Waals surface area contributed by atoms with Crippen LogP contribution >= 0.6 is 27.7 Å². The summed E-state index contributed by atoms with van der Waals surface area (Å²) in [4.78, 5) is 1.22. The molecule has 0 fully saturated rings. The third kappa shape index (κ3) is 4.18. The number of rotatable bonds is 5. The maximum Gasteiger partial charge on any atom is 0.120 e. The molecule has 0 spiro atoms. The van der Waals surface area contributed by atoms with Crippen LogP contribution in [-0.4, -0.2) is 12.4 Å². The molecule has 0 aliphatic carbocycles. The molecule has 0 saturated heterocycles. The van der Waals surface area contributed by atoms with Crippen molar-refractivity contribution in [2.75, 3.05) is 18.1 Å². The lowest BCUT2D eigenvalue weighted by atomic mass is 10.2. The van der Waals surface area contributed by atoms with Crippen LogP contribution in [0, 0.1) is 6.92 Å². The van der Waals surface area contributed by atoms with E-state index in [4.69, 9.17) is 10.5 Å². The standard InChI is InChI=1S/C15H16BrNOS/c1-11-14(17)6-3-7-15(11)19-9-8-18-13-5-2-4-12(16)10-13/h2-7,10H,8-9,17H2,1H3. The van der Waals surface area contributed by atoms with Crippen molar-refractivity contribution in [2.45, 2.75) is 11.8 Å². The number of hydrogen-bond acceptors (Lipinski definition) is 3. The number of nitrogen functional groups attached to an aromatic ring is 1. The Hall–Kier alpha value is -1.13. The fraction of sp³-hybridized carbons (Fsp3) is 0.200. The van der Waals surface area contributed by atoms with Gasteiger partial charge in [-0.05, 0) is 42.8 Å². The van der Waals surface area contributed by atoms with Gasteiger partial charge in [-0.25, -0.2) is 0 Å². The molecule has 2 aromatic carbocycles. The molecule has 0 aliphatic rings. The van der Waals surface area contributed by atoms with Gasteiger partial charge in [0.1, 0.15) is 5.75 Å². The number of ether oxygens (including phenoxy) is 1. The smallest absolute Gasteiger partial charge is 0.120 e. The molecule has 0 atom stereocenters. The third-order valence-corrected chi connectivity index (χ3v) is 4.35. The van der Waals surface area contributed by atoms with Crippen LogP contribution in [0.2, 0.25) is 0 Å². The molecule has 2 aromatic rings. The van der Waals surface area contributed by atoms with Gasteiger partial charge in [-0.3, -0.25) is 0 Å². The Balaban J connectivity index is 1.82. The number of nitrogens with two attached hydrogens (primary N) is 1. The van der Waals surface area contributed by atoms with E-state index in [1.807, 2.05) is 43.3 Å². The highest BCUT2D eigenvalue weighted by atomic mass is 79.9. The molecule has 2 rings (SSSR count). The van der Waals surface area contributed by atoms with Crippen LogP contribution in [0.5, 0.6) is 5.75 Å². The zero-order valence-electron chi connectivity index (χ0n) is 10.7. The van der Waals surface area contributed by atoms with E-state index in [1.54, 1.807) is 11.8 Å². The summed E-state index contributed by atoms with van der Waals surface area (Å²) in [6.45, 7) is 2.72. The number of halogens is 1. The molecule has 19 heavy (non-hydrogen) atoms. The van der Waals surface area contributed by atoms with E-state index < -0.39 is 0 Å². The average Bonchev–Trinajstić information content (AvgIpc) is 2.39. The van der Waals surface area contributed by atoms with Crippen molar-refractivity contribution in [1.29, 1.82) is 0 Å². The van der Waals surface area contributed by atoms with Gasteiger partial charge in [-0.2, -0.15) is 0 Å². The van der Waals surface area contributed by atoms with Gasteiger partial charge in [0.15, 0.2) is 0 Å². The summed E-state index contributed by atoms with van der Waals surface area (Å²) < 4.78 is 6.73. The first-order valence-electron chi connectivity index (χ1n) is 6.03. The molecule has 0 aliphatic heterocycles. The Bertz CT molecular complexity index is 560. The van der Waals surface area contributed by atoms with Crippen LogP contribution < -0.4 is 10.5 Å². The van der Waals surface area contributed by atoms with Gasteiger partial charge in [0.05, 0.1) is 6.61 Å². The van der Waals surface area contributed by atoms with Crippen LogP contribution in [0.3, 0.4) is 0 Å². The van der Waals surface area contributed by atoms with Gasteiger partial charge in [0, 0.05) is 20.8 Å². The highest BCUT2D eigenvalue weighted by Crippen LogP contribution is 2.26. The van der Waals surface area contributed by atoms with Crippen molar-refractivity contribution >= 4 is 33.4 Å². The summed E-state index contributed by atoms with van der Waals surface area (Å²) in [6, 6.07) is 13.9. The number of benzene rings is 2. The van der Waals surface area contributed by atoms with Crippen LogP contribution in [0.4, 0.5) is 5.69 Å². The normalized spacial score (nSPS) is 10.4. The molecule has 4 heteroatoms. The quantitative estimate of drug-likeness (QED) is 0.495. The molecule has 0 amide bonds. The Kier molecular flexibility index (Phi) is 5.16. The summed E-state index contributed by atoms with van der Waals surface area (Å²) in [6.07, 6.45) is 0. The van der Waals surface area contributed by atoms with Crippen molar-refractivity contribution in [2.24, 2.45) is 0 Å². The Morgan fingerprint density at radius 1 is 1.21 bits per heavy atom. The maximum atomic E-state index is 5.88. The zero-order chi connectivity index (χ0) is 13.7. The topological polar surface area (TPSA) is 35.2 Å². The predicted octanol–water partition coefficient (Wildman–Crippen LogP) is 4.51. The van der Waals surface area contributed by atoms with Crippen LogP contribution in [0.1, 0.15) is 5.56 Å². The van der Waals surface area contributed by atoms with Crippen LogP contribution in [-0.2, 0) is 0 Å². The first kappa shape index (κ1) is 14.3. The first-order valence-corrected chi connectivity index (χ1v) is 7.81. The molecule has 0 heterocycles. The second-order valence-electron chi connectivity index (χ2n) is 4.12. The summed E-state index contributed by atoms with van der Waals surface area (Å²) in [5.74, 6) is 1.79. The lowest BCUT2D eigenvalue weighted by Gasteiger charge is -2.09. The van der Waals surface area contributed by atoms with Gasteiger partial charge in [-0.1, -0.05) is 28.1 Å². The number of hydrogen-bond donors (Lipinski definition) is 1. The van der Waals surface area contributed by atoms with E-state index in [0.717, 1.165) is 27.2 Å². The fourth-order valence-electron chi connectivity index (χ4n) is 1.66. The second kappa shape index (κ2) is 6.87. The van der Waals surface area contributed by atoms with Gasteiger partial charge in [-0.15, -0.1) is 11.8 Å². The first-order chi connectivity index (χ1) is 9.16. The minimum absolute atomic E-state index is 0.676. The van der Waals surface area contributed by atoms with E-state index in [1.165, 1.54) is 4.90 Å². The van der Waals surface area contributed by atoms with E-state index >= 15 is 0 Å². The number of thioether (sulfide) groups is 1. The van der Waals surface area contributed by atoms with Crippen LogP contribution in [0.15, 0.2) is 51.8 Å². The highest BCUT2D eigenvalue weighted by molar-refractivity contribution is 9.10. The third-order valence-electron chi connectivity index (χ3n) is 2.73. The van der Waals surface area contributed by atoms with Gasteiger partial charge < -0.3 is 10.5 Å². The van der Waals surface area contributed by atoms with Gasteiger partial charge >= 0.3 is 0 Å². The van der Waals surface area contributed by atoms with Gasteiger partial charge in [0.2, 0.25) is 0 Å². The van der Waals surface area contributed by atoms with E-state index in [0.29, 0.717) is 6.61 Å². The fourth-order valence-corrected chi connectivity index (χ4v) is 2.93. The Morgan fingerprint density at radius 2 is 2.00 bits per heavy atom. The molecular weight excluding hydrogens is 322 g/mol. The molecule has 0 saturated carbocycles. The maximum absolute atomic E-state index is 5.88. The summed E-state index contributed by atoms with van der Waals surface area (Å²) in [5, 5.41) is 0. The highest BCUT2D eigenvalue weighted by Gasteiger charge is 2.02. The Labute approximate surface area is 126 Å². The molecule has 0 aromatic heterocycles. The van der Waals surface area contributed by atoms with E-state index in [9.17, 15) is 0 Å². The SMILES string of the molecule is Cc1c(N)cccc1SCCOc1cccc(Br)c1. The predicted molar refractivity (Wildman–Crippen MR) is 86.0 cm³/mol. The van der Waals surface area contributed by atoms with Crippen LogP contribution in [0.25, 0.3) is 0 Å². The van der Waals surface area contributed by atoms with E-state index in [-0.39, 0.29) is 0 Å². The molecule has 2 N–H and O–H groups in total. The summed E-state index contributed by atoms with van der Waals surface area (Å²) in [7, 11) is 0. The number of anilines is 1.